The molecular formula is C17H22N4O2. The first-order valence-electron chi connectivity index (χ1n) is 8.31. The van der Waals surface area contributed by atoms with Crippen molar-refractivity contribution in [2.24, 2.45) is 0 Å². The predicted octanol–water partition coefficient (Wildman–Crippen LogP) is 2.18. The summed E-state index contributed by atoms with van der Waals surface area (Å²) in [5.74, 6) is 0.549. The van der Waals surface area contributed by atoms with Crippen LogP contribution in [0.3, 0.4) is 0 Å². The fourth-order valence-corrected chi connectivity index (χ4v) is 3.47. The van der Waals surface area contributed by atoms with E-state index in [0.717, 1.165) is 49.2 Å². The van der Waals surface area contributed by atoms with Crippen LogP contribution in [-0.4, -0.2) is 58.6 Å². The number of fused-ring (bicyclic) bond motifs is 1. The lowest BCUT2D eigenvalue weighted by Gasteiger charge is -2.38. The van der Waals surface area contributed by atoms with Gasteiger partial charge in [-0.15, -0.1) is 0 Å². The second kappa shape index (κ2) is 5.30. The van der Waals surface area contributed by atoms with E-state index in [1.165, 1.54) is 0 Å². The molecule has 1 amide bonds. The molecule has 1 aliphatic carbocycles. The van der Waals surface area contributed by atoms with E-state index >= 15 is 0 Å². The van der Waals surface area contributed by atoms with Gasteiger partial charge in [-0.1, -0.05) is 5.16 Å². The molecule has 6 nitrogen and oxygen atoms in total. The molecule has 1 unspecified atom stereocenters. The number of nitrogens with zero attached hydrogens (tertiary/aromatic N) is 4. The summed E-state index contributed by atoms with van der Waals surface area (Å²) in [7, 11) is 2.10. The van der Waals surface area contributed by atoms with E-state index in [1.807, 2.05) is 17.9 Å². The highest BCUT2D eigenvalue weighted by atomic mass is 16.5. The summed E-state index contributed by atoms with van der Waals surface area (Å²) in [4.78, 5) is 22.0. The highest BCUT2D eigenvalue weighted by Gasteiger charge is 2.32. The number of hydrogen-bond acceptors (Lipinski definition) is 5. The number of hydrogen-bond donors (Lipinski definition) is 0. The molecule has 1 atom stereocenters. The molecule has 2 aromatic heterocycles. The minimum Gasteiger partial charge on any atom is -0.336 e. The zero-order chi connectivity index (χ0) is 16.1. The Bertz CT molecular complexity index is 765. The maximum Gasteiger partial charge on any atom is 0.259 e. The standard InChI is InChI=1S/C17H22N4O2/c1-10-9-20(3)6-7-21(10)17(22)13-8-14(12-4-5-12)18-16-15(13)11(2)19-23-16/h8,10,12H,4-7,9H2,1-3H3. The first-order valence-corrected chi connectivity index (χ1v) is 8.31. The highest BCUT2D eigenvalue weighted by Crippen LogP contribution is 2.40. The topological polar surface area (TPSA) is 62.5 Å². The number of carbonyl (C=O) groups is 1. The maximum atomic E-state index is 13.2. The van der Waals surface area contributed by atoms with Crippen molar-refractivity contribution >= 4 is 17.0 Å². The van der Waals surface area contributed by atoms with E-state index in [4.69, 9.17) is 4.52 Å². The molecule has 1 saturated carbocycles. The fourth-order valence-electron chi connectivity index (χ4n) is 3.47. The largest absolute Gasteiger partial charge is 0.336 e. The quantitative estimate of drug-likeness (QED) is 0.850. The van der Waals surface area contributed by atoms with Crippen molar-refractivity contribution in [2.75, 3.05) is 26.7 Å². The van der Waals surface area contributed by atoms with Gasteiger partial charge in [-0.05, 0) is 39.8 Å². The van der Waals surface area contributed by atoms with E-state index in [0.29, 0.717) is 17.2 Å². The van der Waals surface area contributed by atoms with Crippen LogP contribution in [0.1, 0.15) is 47.4 Å². The van der Waals surface area contributed by atoms with Crippen LogP contribution in [0.2, 0.25) is 0 Å². The van der Waals surface area contributed by atoms with Gasteiger partial charge in [0.25, 0.3) is 11.6 Å². The molecule has 2 aromatic rings. The Labute approximate surface area is 135 Å². The number of likely N-dealkylation sites (N-methyl/N-ethyl adjacent to an activating group) is 1. The third-order valence-corrected chi connectivity index (χ3v) is 4.95. The van der Waals surface area contributed by atoms with Gasteiger partial charge >= 0.3 is 0 Å². The molecule has 6 heteroatoms. The molecular weight excluding hydrogens is 292 g/mol. The molecule has 1 aliphatic heterocycles. The summed E-state index contributed by atoms with van der Waals surface area (Å²) in [6.07, 6.45) is 2.29. The Hall–Kier alpha value is -1.95. The first-order chi connectivity index (χ1) is 11.0. The number of rotatable bonds is 2. The Morgan fingerprint density at radius 1 is 1.35 bits per heavy atom. The Balaban J connectivity index is 1.77. The van der Waals surface area contributed by atoms with Crippen molar-refractivity contribution < 1.29 is 9.32 Å². The zero-order valence-corrected chi connectivity index (χ0v) is 13.9. The second-order valence-electron chi connectivity index (χ2n) is 6.93. The van der Waals surface area contributed by atoms with E-state index in [9.17, 15) is 4.79 Å². The molecule has 0 radical (unpaired) electrons. The van der Waals surface area contributed by atoms with Crippen molar-refractivity contribution in [3.63, 3.8) is 0 Å². The van der Waals surface area contributed by atoms with Crippen molar-refractivity contribution in [3.8, 4) is 0 Å². The minimum atomic E-state index is 0.0752. The Morgan fingerprint density at radius 2 is 2.13 bits per heavy atom. The molecule has 2 fully saturated rings. The van der Waals surface area contributed by atoms with Gasteiger partial charge in [0, 0.05) is 37.3 Å². The maximum absolute atomic E-state index is 13.2. The number of pyridine rings is 1. The third kappa shape index (κ3) is 2.51. The SMILES string of the molecule is Cc1noc2nc(C3CC3)cc(C(=O)N3CCN(C)CC3C)c12. The van der Waals surface area contributed by atoms with Gasteiger partial charge in [-0.25, -0.2) is 4.98 Å². The molecule has 4 rings (SSSR count). The minimum absolute atomic E-state index is 0.0752. The first kappa shape index (κ1) is 14.6. The number of aryl methyl sites for hydroxylation is 1. The lowest BCUT2D eigenvalue weighted by Crippen LogP contribution is -2.52. The molecule has 0 aromatic carbocycles. The number of aromatic nitrogens is 2. The van der Waals surface area contributed by atoms with E-state index in [-0.39, 0.29) is 11.9 Å². The highest BCUT2D eigenvalue weighted by molar-refractivity contribution is 6.06. The second-order valence-corrected chi connectivity index (χ2v) is 6.93. The van der Waals surface area contributed by atoms with E-state index in [2.05, 4.69) is 29.0 Å². The molecule has 2 aliphatic rings. The zero-order valence-electron chi connectivity index (χ0n) is 13.9. The van der Waals surface area contributed by atoms with Gasteiger partial charge in [0.2, 0.25) is 0 Å². The summed E-state index contributed by atoms with van der Waals surface area (Å²) in [6, 6.07) is 2.17. The summed E-state index contributed by atoms with van der Waals surface area (Å²) >= 11 is 0. The third-order valence-electron chi connectivity index (χ3n) is 4.95. The number of amides is 1. The lowest BCUT2D eigenvalue weighted by atomic mass is 10.0. The van der Waals surface area contributed by atoms with Gasteiger partial charge in [-0.3, -0.25) is 4.79 Å². The van der Waals surface area contributed by atoms with Gasteiger partial charge in [-0.2, -0.15) is 0 Å². The summed E-state index contributed by atoms with van der Waals surface area (Å²) in [5.41, 5.74) is 2.91. The smallest absolute Gasteiger partial charge is 0.259 e. The van der Waals surface area contributed by atoms with Crippen molar-refractivity contribution in [3.05, 3.63) is 23.0 Å². The molecule has 3 heterocycles. The van der Waals surface area contributed by atoms with Crippen LogP contribution in [0.25, 0.3) is 11.1 Å². The molecule has 122 valence electrons. The average Bonchev–Trinajstić information content (AvgIpc) is 3.30. The van der Waals surface area contributed by atoms with Gasteiger partial charge in [0.1, 0.15) is 0 Å². The summed E-state index contributed by atoms with van der Waals surface area (Å²) in [5, 5.41) is 4.79. The van der Waals surface area contributed by atoms with Gasteiger partial charge in [0.15, 0.2) is 0 Å². The Morgan fingerprint density at radius 3 is 2.83 bits per heavy atom. The van der Waals surface area contributed by atoms with Crippen molar-refractivity contribution in [1.29, 1.82) is 0 Å². The lowest BCUT2D eigenvalue weighted by molar-refractivity contribution is 0.0535. The molecule has 0 spiro atoms. The van der Waals surface area contributed by atoms with Crippen molar-refractivity contribution in [1.82, 2.24) is 19.9 Å². The van der Waals surface area contributed by atoms with Crippen LogP contribution < -0.4 is 0 Å². The van der Waals surface area contributed by atoms with Crippen LogP contribution in [-0.2, 0) is 0 Å². The van der Waals surface area contributed by atoms with Crippen LogP contribution in [0, 0.1) is 6.92 Å². The fraction of sp³-hybridized carbons (Fsp3) is 0.588. The molecule has 1 saturated heterocycles. The van der Waals surface area contributed by atoms with Crippen LogP contribution in [0.4, 0.5) is 0 Å². The van der Waals surface area contributed by atoms with Crippen LogP contribution >= 0.6 is 0 Å². The summed E-state index contributed by atoms with van der Waals surface area (Å²) in [6.45, 7) is 6.53. The van der Waals surface area contributed by atoms with Crippen LogP contribution in [0.5, 0.6) is 0 Å². The average molecular weight is 314 g/mol. The predicted molar refractivity (Wildman–Crippen MR) is 86.5 cm³/mol. The van der Waals surface area contributed by atoms with Gasteiger partial charge in [0.05, 0.1) is 16.6 Å². The van der Waals surface area contributed by atoms with E-state index < -0.39 is 0 Å². The van der Waals surface area contributed by atoms with Crippen LogP contribution in [0.15, 0.2) is 10.6 Å². The number of carbonyl (C=O) groups excluding carboxylic acids is 1. The number of piperazine rings is 1. The normalized spacial score (nSPS) is 22.7. The van der Waals surface area contributed by atoms with Gasteiger partial charge < -0.3 is 14.3 Å². The Kier molecular flexibility index (Phi) is 3.37. The monoisotopic (exact) mass is 314 g/mol. The summed E-state index contributed by atoms with van der Waals surface area (Å²) < 4.78 is 5.35. The molecule has 0 N–H and O–H groups in total. The van der Waals surface area contributed by atoms with Crippen molar-refractivity contribution in [2.45, 2.75) is 38.6 Å². The van der Waals surface area contributed by atoms with E-state index in [1.54, 1.807) is 0 Å². The molecule has 23 heavy (non-hydrogen) atoms. The molecule has 0 bridgehead atoms.